The second-order valence-corrected chi connectivity index (χ2v) is 8.34. The van der Waals surface area contributed by atoms with Crippen LogP contribution >= 0.6 is 0 Å². The maximum atomic E-state index is 12.9. The zero-order valence-corrected chi connectivity index (χ0v) is 19.6. The molecule has 4 aromatic rings. The molecule has 0 aliphatic heterocycles. The van der Waals surface area contributed by atoms with Gasteiger partial charge in [-0.2, -0.15) is 5.10 Å². The van der Waals surface area contributed by atoms with Crippen LogP contribution < -0.4 is 10.1 Å². The summed E-state index contributed by atoms with van der Waals surface area (Å²) in [7, 11) is 0. The molecule has 1 amide bonds. The maximum absolute atomic E-state index is 12.9. The van der Waals surface area contributed by atoms with E-state index < -0.39 is 0 Å². The van der Waals surface area contributed by atoms with Gasteiger partial charge in [-0.05, 0) is 74.7 Å². The van der Waals surface area contributed by atoms with Crippen molar-refractivity contribution < 1.29 is 9.53 Å². The lowest BCUT2D eigenvalue weighted by atomic mass is 10.1. The molecule has 5 nitrogen and oxygen atoms in total. The molecule has 3 aromatic carbocycles. The van der Waals surface area contributed by atoms with Crippen molar-refractivity contribution in [3.05, 3.63) is 112 Å². The molecule has 0 saturated carbocycles. The zero-order valence-electron chi connectivity index (χ0n) is 19.6. The molecule has 0 radical (unpaired) electrons. The Hall–Kier alpha value is -3.86. The molecule has 0 aliphatic rings. The molecule has 1 heterocycles. The van der Waals surface area contributed by atoms with Crippen molar-refractivity contribution in [2.75, 3.05) is 0 Å². The number of rotatable bonds is 7. The van der Waals surface area contributed by atoms with E-state index in [1.54, 1.807) is 0 Å². The molecule has 0 bridgehead atoms. The third-order valence-electron chi connectivity index (χ3n) is 5.79. The standard InChI is InChI=1S/C28H29N3O2/c1-19-13-14-20(2)27(15-19)33-18-23-9-8-10-24(16-23)28(32)29-17-26-21(3)30-31(22(26)4)25-11-6-5-7-12-25/h5-16H,17-18H2,1-4H3,(H,29,32). The van der Waals surface area contributed by atoms with Gasteiger partial charge in [0.05, 0.1) is 11.4 Å². The third kappa shape index (κ3) is 5.14. The number of ether oxygens (including phenoxy) is 1. The van der Waals surface area contributed by atoms with E-state index in [-0.39, 0.29) is 5.91 Å². The van der Waals surface area contributed by atoms with Gasteiger partial charge in [-0.25, -0.2) is 4.68 Å². The third-order valence-corrected chi connectivity index (χ3v) is 5.79. The SMILES string of the molecule is Cc1ccc(C)c(OCc2cccc(C(=O)NCc3c(C)nn(-c4ccccc4)c3C)c2)c1. The minimum Gasteiger partial charge on any atom is -0.489 e. The molecule has 0 spiro atoms. The van der Waals surface area contributed by atoms with Gasteiger partial charge in [0, 0.05) is 23.4 Å². The summed E-state index contributed by atoms with van der Waals surface area (Å²) in [6.45, 7) is 8.91. The molecule has 5 heteroatoms. The Morgan fingerprint density at radius 1 is 0.939 bits per heavy atom. The lowest BCUT2D eigenvalue weighted by Crippen LogP contribution is -2.23. The van der Waals surface area contributed by atoms with Crippen molar-refractivity contribution in [1.29, 1.82) is 0 Å². The Kier molecular flexibility index (Phi) is 6.59. The van der Waals surface area contributed by atoms with Crippen LogP contribution in [0.5, 0.6) is 5.75 Å². The van der Waals surface area contributed by atoms with Crippen LogP contribution in [0.4, 0.5) is 0 Å². The Morgan fingerprint density at radius 2 is 1.73 bits per heavy atom. The van der Waals surface area contributed by atoms with Gasteiger partial charge in [-0.15, -0.1) is 0 Å². The molecule has 168 valence electrons. The molecule has 0 aliphatic carbocycles. The number of benzene rings is 3. The van der Waals surface area contributed by atoms with E-state index in [1.807, 2.05) is 93.0 Å². The van der Waals surface area contributed by atoms with Crippen LogP contribution in [0.2, 0.25) is 0 Å². The molecular weight excluding hydrogens is 410 g/mol. The average molecular weight is 440 g/mol. The van der Waals surface area contributed by atoms with Crippen LogP contribution in [0.1, 0.15) is 44.0 Å². The van der Waals surface area contributed by atoms with Crippen LogP contribution in [0.25, 0.3) is 5.69 Å². The minimum atomic E-state index is -0.116. The summed E-state index contributed by atoms with van der Waals surface area (Å²) in [6.07, 6.45) is 0. The van der Waals surface area contributed by atoms with E-state index >= 15 is 0 Å². The fraction of sp³-hybridized carbons (Fsp3) is 0.214. The summed E-state index contributed by atoms with van der Waals surface area (Å²) in [4.78, 5) is 12.9. The van der Waals surface area contributed by atoms with Crippen molar-refractivity contribution in [2.45, 2.75) is 40.8 Å². The first-order valence-corrected chi connectivity index (χ1v) is 11.1. The summed E-state index contributed by atoms with van der Waals surface area (Å²) >= 11 is 0. The number of hydrogen-bond acceptors (Lipinski definition) is 3. The number of aryl methyl sites for hydroxylation is 3. The quantitative estimate of drug-likeness (QED) is 0.407. The monoisotopic (exact) mass is 439 g/mol. The smallest absolute Gasteiger partial charge is 0.251 e. The maximum Gasteiger partial charge on any atom is 0.251 e. The second kappa shape index (κ2) is 9.74. The van der Waals surface area contributed by atoms with Gasteiger partial charge in [-0.1, -0.05) is 42.5 Å². The largest absolute Gasteiger partial charge is 0.489 e. The number of aromatic nitrogens is 2. The van der Waals surface area contributed by atoms with Crippen LogP contribution in [-0.4, -0.2) is 15.7 Å². The van der Waals surface area contributed by atoms with Crippen LogP contribution in [0.3, 0.4) is 0 Å². The summed E-state index contributed by atoms with van der Waals surface area (Å²) in [5, 5.41) is 7.71. The Balaban J connectivity index is 1.42. The number of nitrogens with one attached hydrogen (secondary N) is 1. The highest BCUT2D eigenvalue weighted by Crippen LogP contribution is 2.21. The molecule has 1 aromatic heterocycles. The van der Waals surface area contributed by atoms with Crippen LogP contribution in [0, 0.1) is 27.7 Å². The normalized spacial score (nSPS) is 10.8. The lowest BCUT2D eigenvalue weighted by Gasteiger charge is -2.11. The number of amides is 1. The first-order valence-electron chi connectivity index (χ1n) is 11.1. The van der Waals surface area contributed by atoms with Crippen molar-refractivity contribution in [2.24, 2.45) is 0 Å². The molecule has 0 saturated heterocycles. The molecular formula is C28H29N3O2. The van der Waals surface area contributed by atoms with E-state index in [2.05, 4.69) is 22.5 Å². The highest BCUT2D eigenvalue weighted by molar-refractivity contribution is 5.94. The van der Waals surface area contributed by atoms with Gasteiger partial charge in [0.25, 0.3) is 5.91 Å². The van der Waals surface area contributed by atoms with E-state index in [4.69, 9.17) is 4.74 Å². The van der Waals surface area contributed by atoms with E-state index in [1.165, 1.54) is 0 Å². The number of para-hydroxylation sites is 1. The van der Waals surface area contributed by atoms with Crippen molar-refractivity contribution in [3.63, 3.8) is 0 Å². The number of nitrogens with zero attached hydrogens (tertiary/aromatic N) is 2. The van der Waals surface area contributed by atoms with Gasteiger partial charge in [0.15, 0.2) is 0 Å². The summed E-state index contributed by atoms with van der Waals surface area (Å²) in [6, 6.07) is 23.7. The van der Waals surface area contributed by atoms with E-state index in [9.17, 15) is 4.79 Å². The van der Waals surface area contributed by atoms with Gasteiger partial charge < -0.3 is 10.1 Å². The second-order valence-electron chi connectivity index (χ2n) is 8.34. The highest BCUT2D eigenvalue weighted by Gasteiger charge is 2.14. The molecule has 0 atom stereocenters. The number of carbonyl (C=O) groups is 1. The summed E-state index contributed by atoms with van der Waals surface area (Å²) in [5.74, 6) is 0.751. The molecule has 0 fully saturated rings. The van der Waals surface area contributed by atoms with Gasteiger partial charge >= 0.3 is 0 Å². The fourth-order valence-corrected chi connectivity index (χ4v) is 3.85. The molecule has 33 heavy (non-hydrogen) atoms. The van der Waals surface area contributed by atoms with E-state index in [0.29, 0.717) is 18.7 Å². The van der Waals surface area contributed by atoms with Crippen molar-refractivity contribution >= 4 is 5.91 Å². The van der Waals surface area contributed by atoms with Gasteiger partial charge in [0.1, 0.15) is 12.4 Å². The minimum absolute atomic E-state index is 0.116. The fourth-order valence-electron chi connectivity index (χ4n) is 3.85. The Morgan fingerprint density at radius 3 is 2.52 bits per heavy atom. The highest BCUT2D eigenvalue weighted by atomic mass is 16.5. The van der Waals surface area contributed by atoms with Crippen molar-refractivity contribution in [1.82, 2.24) is 15.1 Å². The first-order chi connectivity index (χ1) is 15.9. The van der Waals surface area contributed by atoms with Gasteiger partial charge in [-0.3, -0.25) is 4.79 Å². The lowest BCUT2D eigenvalue weighted by molar-refractivity contribution is 0.0950. The average Bonchev–Trinajstić information content (AvgIpc) is 3.12. The summed E-state index contributed by atoms with van der Waals surface area (Å²) in [5.41, 5.74) is 7.78. The molecule has 1 N–H and O–H groups in total. The molecule has 0 unspecified atom stereocenters. The predicted molar refractivity (Wildman–Crippen MR) is 131 cm³/mol. The summed E-state index contributed by atoms with van der Waals surface area (Å²) < 4.78 is 7.92. The first kappa shape index (κ1) is 22.3. The Bertz CT molecular complexity index is 1280. The van der Waals surface area contributed by atoms with Gasteiger partial charge in [0.2, 0.25) is 0 Å². The Labute approximate surface area is 195 Å². The van der Waals surface area contributed by atoms with E-state index in [0.717, 1.165) is 45.1 Å². The molecule has 4 rings (SSSR count). The van der Waals surface area contributed by atoms with Crippen LogP contribution in [0.15, 0.2) is 72.8 Å². The van der Waals surface area contributed by atoms with Crippen molar-refractivity contribution in [3.8, 4) is 11.4 Å². The van der Waals surface area contributed by atoms with Crippen LogP contribution in [-0.2, 0) is 13.2 Å². The number of carbonyl (C=O) groups excluding carboxylic acids is 1. The predicted octanol–water partition coefficient (Wildman–Crippen LogP) is 5.61. The number of hydrogen-bond donors (Lipinski definition) is 1. The zero-order chi connectivity index (χ0) is 23.4. The topological polar surface area (TPSA) is 56.1 Å².